The molecule has 0 aromatic carbocycles. The number of aromatic nitrogens is 2. The van der Waals surface area contributed by atoms with E-state index in [9.17, 15) is 4.79 Å². The van der Waals surface area contributed by atoms with E-state index in [1.54, 1.807) is 6.33 Å². The predicted octanol–water partition coefficient (Wildman–Crippen LogP) is 1.34. The maximum absolute atomic E-state index is 11.7. The normalized spacial score (nSPS) is 29.7. The number of fused-ring (bicyclic) bond motifs is 1. The summed E-state index contributed by atoms with van der Waals surface area (Å²) in [7, 11) is 0. The van der Waals surface area contributed by atoms with E-state index in [2.05, 4.69) is 25.8 Å². The molecule has 4 fully saturated rings. The van der Waals surface area contributed by atoms with Gasteiger partial charge in [0.15, 0.2) is 0 Å². The molecule has 1 aromatic rings. The first-order chi connectivity index (χ1) is 12.3. The number of amides is 1. The van der Waals surface area contributed by atoms with Gasteiger partial charge in [0.1, 0.15) is 12.1 Å². The Hall–Kier alpha value is -1.69. The summed E-state index contributed by atoms with van der Waals surface area (Å²) in [6.07, 6.45) is 6.12. The standard InChI is InChI=1S/C19H27N5O/c25-19-2-1-5-23(19)7-6-22-9-15-11-24(12-16(15)10-22)18-8-17(14-3-4-14)20-13-21-18/h8,13-16H,1-7,9-12H2. The Morgan fingerprint density at radius 2 is 1.84 bits per heavy atom. The average molecular weight is 341 g/mol. The van der Waals surface area contributed by atoms with Crippen molar-refractivity contribution < 1.29 is 4.79 Å². The SMILES string of the molecule is O=C1CCCN1CCN1CC2CN(c3cc(C4CC4)ncn3)CC2C1. The van der Waals surface area contributed by atoms with E-state index < -0.39 is 0 Å². The first kappa shape index (κ1) is 15.6. The van der Waals surface area contributed by atoms with Crippen LogP contribution < -0.4 is 4.90 Å². The lowest BCUT2D eigenvalue weighted by Gasteiger charge is -2.24. The summed E-state index contributed by atoms with van der Waals surface area (Å²) in [5.41, 5.74) is 1.24. The highest BCUT2D eigenvalue weighted by Gasteiger charge is 2.40. The lowest BCUT2D eigenvalue weighted by molar-refractivity contribution is -0.127. The lowest BCUT2D eigenvalue weighted by Crippen LogP contribution is -2.36. The van der Waals surface area contributed by atoms with Gasteiger partial charge in [0.25, 0.3) is 0 Å². The Labute approximate surface area is 149 Å². The van der Waals surface area contributed by atoms with Crippen molar-refractivity contribution in [3.05, 3.63) is 18.1 Å². The smallest absolute Gasteiger partial charge is 0.222 e. The zero-order chi connectivity index (χ0) is 16.8. The van der Waals surface area contributed by atoms with Gasteiger partial charge in [-0.2, -0.15) is 0 Å². The van der Waals surface area contributed by atoms with Gasteiger partial charge in [0.05, 0.1) is 0 Å². The maximum atomic E-state index is 11.7. The third kappa shape index (κ3) is 3.12. The van der Waals surface area contributed by atoms with Gasteiger partial charge >= 0.3 is 0 Å². The molecule has 134 valence electrons. The number of rotatable bonds is 5. The highest BCUT2D eigenvalue weighted by Crippen LogP contribution is 2.40. The fourth-order valence-electron chi connectivity index (χ4n) is 4.80. The second-order valence-corrected chi connectivity index (χ2v) is 8.24. The van der Waals surface area contributed by atoms with Gasteiger partial charge in [0, 0.05) is 69.9 Å². The molecule has 1 saturated carbocycles. The first-order valence-corrected chi connectivity index (χ1v) is 9.83. The highest BCUT2D eigenvalue weighted by molar-refractivity contribution is 5.78. The van der Waals surface area contributed by atoms with Crippen LogP contribution in [0.2, 0.25) is 0 Å². The molecule has 3 saturated heterocycles. The molecule has 2 atom stereocenters. The molecular weight excluding hydrogens is 314 g/mol. The second kappa shape index (κ2) is 6.24. The van der Waals surface area contributed by atoms with Gasteiger partial charge in [-0.05, 0) is 31.1 Å². The van der Waals surface area contributed by atoms with E-state index in [1.165, 1.54) is 31.6 Å². The fourth-order valence-corrected chi connectivity index (χ4v) is 4.80. The zero-order valence-corrected chi connectivity index (χ0v) is 14.8. The summed E-state index contributed by atoms with van der Waals surface area (Å²) in [5.74, 6) is 3.65. The van der Waals surface area contributed by atoms with Gasteiger partial charge in [0.2, 0.25) is 5.91 Å². The van der Waals surface area contributed by atoms with Crippen molar-refractivity contribution in [1.82, 2.24) is 19.8 Å². The zero-order valence-electron chi connectivity index (χ0n) is 14.8. The molecule has 2 unspecified atom stereocenters. The van der Waals surface area contributed by atoms with Gasteiger partial charge in [-0.15, -0.1) is 0 Å². The summed E-state index contributed by atoms with van der Waals surface area (Å²) >= 11 is 0. The minimum Gasteiger partial charge on any atom is -0.356 e. The molecule has 6 heteroatoms. The molecule has 0 radical (unpaired) electrons. The number of nitrogens with zero attached hydrogens (tertiary/aromatic N) is 5. The Kier molecular flexibility index (Phi) is 3.88. The van der Waals surface area contributed by atoms with Crippen molar-refractivity contribution in [2.75, 3.05) is 50.7 Å². The van der Waals surface area contributed by atoms with E-state index >= 15 is 0 Å². The van der Waals surface area contributed by atoms with Gasteiger partial charge in [-0.3, -0.25) is 4.79 Å². The van der Waals surface area contributed by atoms with Crippen LogP contribution in [0.4, 0.5) is 5.82 Å². The Morgan fingerprint density at radius 3 is 2.52 bits per heavy atom. The third-order valence-corrected chi connectivity index (χ3v) is 6.41. The predicted molar refractivity (Wildman–Crippen MR) is 95.5 cm³/mol. The summed E-state index contributed by atoms with van der Waals surface area (Å²) in [6, 6.07) is 2.22. The molecule has 1 amide bonds. The van der Waals surface area contributed by atoms with Crippen LogP contribution in [0.3, 0.4) is 0 Å². The van der Waals surface area contributed by atoms with E-state index in [0.717, 1.165) is 63.2 Å². The van der Waals surface area contributed by atoms with Crippen LogP contribution in [-0.4, -0.2) is 71.5 Å². The Balaban J connectivity index is 1.15. The number of likely N-dealkylation sites (tertiary alicyclic amines) is 2. The largest absolute Gasteiger partial charge is 0.356 e. The number of hydrogen-bond acceptors (Lipinski definition) is 5. The Morgan fingerprint density at radius 1 is 1.04 bits per heavy atom. The summed E-state index contributed by atoms with van der Waals surface area (Å²) in [5, 5.41) is 0. The lowest BCUT2D eigenvalue weighted by atomic mass is 10.0. The highest BCUT2D eigenvalue weighted by atomic mass is 16.2. The molecule has 0 N–H and O–H groups in total. The van der Waals surface area contributed by atoms with E-state index in [0.29, 0.717) is 11.8 Å². The van der Waals surface area contributed by atoms with Crippen LogP contribution in [0, 0.1) is 11.8 Å². The summed E-state index contributed by atoms with van der Waals surface area (Å²) in [6.45, 7) is 7.49. The van der Waals surface area contributed by atoms with E-state index in [1.807, 2.05) is 4.90 Å². The molecular formula is C19H27N5O. The quantitative estimate of drug-likeness (QED) is 0.809. The van der Waals surface area contributed by atoms with Crippen molar-refractivity contribution in [1.29, 1.82) is 0 Å². The Bertz CT molecular complexity index is 647. The van der Waals surface area contributed by atoms with Crippen LogP contribution in [-0.2, 0) is 4.79 Å². The topological polar surface area (TPSA) is 52.6 Å². The molecule has 4 aliphatic rings. The van der Waals surface area contributed by atoms with Crippen LogP contribution in [0.1, 0.15) is 37.3 Å². The summed E-state index contributed by atoms with van der Waals surface area (Å²) < 4.78 is 0. The van der Waals surface area contributed by atoms with E-state index in [4.69, 9.17) is 0 Å². The van der Waals surface area contributed by atoms with Crippen molar-refractivity contribution in [2.45, 2.75) is 31.6 Å². The monoisotopic (exact) mass is 341 g/mol. The molecule has 6 nitrogen and oxygen atoms in total. The second-order valence-electron chi connectivity index (χ2n) is 8.24. The number of carbonyl (C=O) groups is 1. The van der Waals surface area contributed by atoms with Crippen LogP contribution >= 0.6 is 0 Å². The molecule has 3 aliphatic heterocycles. The molecule has 1 aliphatic carbocycles. The molecule has 5 rings (SSSR count). The van der Waals surface area contributed by atoms with Gasteiger partial charge < -0.3 is 14.7 Å². The molecule has 0 spiro atoms. The minimum absolute atomic E-state index is 0.348. The number of carbonyl (C=O) groups excluding carboxylic acids is 1. The number of anilines is 1. The number of hydrogen-bond donors (Lipinski definition) is 0. The van der Waals surface area contributed by atoms with Crippen LogP contribution in [0.25, 0.3) is 0 Å². The van der Waals surface area contributed by atoms with Crippen molar-refractivity contribution in [3.63, 3.8) is 0 Å². The van der Waals surface area contributed by atoms with E-state index in [-0.39, 0.29) is 0 Å². The van der Waals surface area contributed by atoms with Gasteiger partial charge in [-0.1, -0.05) is 0 Å². The van der Waals surface area contributed by atoms with Crippen LogP contribution in [0.5, 0.6) is 0 Å². The van der Waals surface area contributed by atoms with Crippen molar-refractivity contribution >= 4 is 11.7 Å². The molecule has 25 heavy (non-hydrogen) atoms. The molecule has 0 bridgehead atoms. The van der Waals surface area contributed by atoms with Gasteiger partial charge in [-0.25, -0.2) is 9.97 Å². The molecule has 1 aromatic heterocycles. The minimum atomic E-state index is 0.348. The summed E-state index contributed by atoms with van der Waals surface area (Å²) in [4.78, 5) is 27.8. The van der Waals surface area contributed by atoms with Crippen molar-refractivity contribution in [3.8, 4) is 0 Å². The average Bonchev–Trinajstić information content (AvgIpc) is 3.11. The maximum Gasteiger partial charge on any atom is 0.222 e. The molecule has 4 heterocycles. The van der Waals surface area contributed by atoms with Crippen molar-refractivity contribution in [2.24, 2.45) is 11.8 Å². The first-order valence-electron chi connectivity index (χ1n) is 9.83. The fraction of sp³-hybridized carbons (Fsp3) is 0.737. The van der Waals surface area contributed by atoms with Crippen LogP contribution in [0.15, 0.2) is 12.4 Å². The third-order valence-electron chi connectivity index (χ3n) is 6.41.